The summed E-state index contributed by atoms with van der Waals surface area (Å²) >= 11 is 1.47. The van der Waals surface area contributed by atoms with Crippen LogP contribution in [0.5, 0.6) is 0 Å². The molecule has 3 aromatic heterocycles. The van der Waals surface area contributed by atoms with Gasteiger partial charge in [-0.05, 0) is 23.6 Å². The average molecular weight is 367 g/mol. The smallest absolute Gasteiger partial charge is 0.308 e. The summed E-state index contributed by atoms with van der Waals surface area (Å²) in [5.74, 6) is -0.641. The Morgan fingerprint density at radius 1 is 1.35 bits per heavy atom. The van der Waals surface area contributed by atoms with Gasteiger partial charge in [0, 0.05) is 29.8 Å². The summed E-state index contributed by atoms with van der Waals surface area (Å²) in [5, 5.41) is 14.1. The van der Waals surface area contributed by atoms with Crippen molar-refractivity contribution in [2.75, 3.05) is 0 Å². The van der Waals surface area contributed by atoms with Gasteiger partial charge in [-0.2, -0.15) is 5.26 Å². The molecule has 3 aromatic rings. The lowest BCUT2D eigenvalue weighted by Gasteiger charge is -2.15. The van der Waals surface area contributed by atoms with Crippen LogP contribution in [-0.4, -0.2) is 16.3 Å². The molecular formula is C19H17N3O3S. The number of ether oxygens (including phenoxy) is 1. The molecule has 7 heteroatoms. The minimum Gasteiger partial charge on any atom is -0.461 e. The molecule has 0 saturated heterocycles. The van der Waals surface area contributed by atoms with Gasteiger partial charge in [0.25, 0.3) is 0 Å². The zero-order valence-corrected chi connectivity index (χ0v) is 15.0. The monoisotopic (exact) mass is 367 g/mol. The minimum absolute atomic E-state index is 0.0145. The van der Waals surface area contributed by atoms with Gasteiger partial charge in [0.2, 0.25) is 5.91 Å². The lowest BCUT2D eigenvalue weighted by molar-refractivity contribution is -0.145. The summed E-state index contributed by atoms with van der Waals surface area (Å²) < 4.78 is 7.19. The van der Waals surface area contributed by atoms with E-state index in [-0.39, 0.29) is 18.9 Å². The molecule has 0 aliphatic heterocycles. The van der Waals surface area contributed by atoms with Crippen LogP contribution in [0.15, 0.2) is 48.1 Å². The summed E-state index contributed by atoms with van der Waals surface area (Å²) in [6, 6.07) is 11.0. The van der Waals surface area contributed by atoms with Gasteiger partial charge in [-0.1, -0.05) is 12.1 Å². The number of carbonyl (C=O) groups is 2. The Balaban J connectivity index is 1.68. The van der Waals surface area contributed by atoms with E-state index in [0.717, 1.165) is 10.4 Å². The molecule has 0 aromatic carbocycles. The molecule has 1 N–H and O–H groups in total. The van der Waals surface area contributed by atoms with E-state index in [4.69, 9.17) is 4.74 Å². The molecule has 0 aliphatic carbocycles. The molecule has 0 aliphatic rings. The van der Waals surface area contributed by atoms with Gasteiger partial charge < -0.3 is 14.5 Å². The van der Waals surface area contributed by atoms with Crippen LogP contribution in [0.2, 0.25) is 0 Å². The van der Waals surface area contributed by atoms with E-state index in [2.05, 4.69) is 11.4 Å². The van der Waals surface area contributed by atoms with Crippen molar-refractivity contribution in [2.45, 2.75) is 26.0 Å². The highest BCUT2D eigenvalue weighted by Gasteiger charge is 2.20. The van der Waals surface area contributed by atoms with E-state index in [0.29, 0.717) is 11.1 Å². The molecule has 6 nitrogen and oxygen atoms in total. The van der Waals surface area contributed by atoms with Crippen molar-refractivity contribution in [1.29, 1.82) is 5.26 Å². The number of esters is 1. The van der Waals surface area contributed by atoms with Gasteiger partial charge in [0.1, 0.15) is 12.7 Å². The fraction of sp³-hybridized carbons (Fsp3) is 0.211. The number of thiophene rings is 1. The largest absolute Gasteiger partial charge is 0.461 e. The maximum Gasteiger partial charge on any atom is 0.308 e. The maximum atomic E-state index is 12.3. The third-order valence-corrected chi connectivity index (χ3v) is 4.88. The first-order valence-corrected chi connectivity index (χ1v) is 8.91. The molecule has 132 valence electrons. The van der Waals surface area contributed by atoms with E-state index in [1.165, 1.54) is 18.3 Å². The second-order valence-corrected chi connectivity index (χ2v) is 6.75. The molecule has 0 saturated carbocycles. The highest BCUT2D eigenvalue weighted by atomic mass is 32.1. The summed E-state index contributed by atoms with van der Waals surface area (Å²) in [6.07, 6.45) is 3.66. The van der Waals surface area contributed by atoms with Gasteiger partial charge in [-0.3, -0.25) is 9.59 Å². The van der Waals surface area contributed by atoms with Crippen molar-refractivity contribution in [3.05, 3.63) is 64.1 Å². The molecular weight excluding hydrogens is 350 g/mol. The number of rotatable bonds is 6. The fourth-order valence-corrected chi connectivity index (χ4v) is 3.54. The van der Waals surface area contributed by atoms with Crippen molar-refractivity contribution in [3.8, 4) is 6.07 Å². The third-order valence-electron chi connectivity index (χ3n) is 3.90. The molecule has 26 heavy (non-hydrogen) atoms. The van der Waals surface area contributed by atoms with Crippen LogP contribution < -0.4 is 5.32 Å². The number of pyridine rings is 1. The molecule has 3 rings (SSSR count). The highest BCUT2D eigenvalue weighted by molar-refractivity contribution is 7.10. The molecule has 1 amide bonds. The summed E-state index contributed by atoms with van der Waals surface area (Å²) in [6.45, 7) is 1.43. The fourth-order valence-electron chi connectivity index (χ4n) is 2.76. The molecule has 0 fully saturated rings. The number of carbonyl (C=O) groups excluding carboxylic acids is 2. The lowest BCUT2D eigenvalue weighted by atomic mass is 10.1. The number of nitrogens with zero attached hydrogens (tertiary/aromatic N) is 2. The van der Waals surface area contributed by atoms with Gasteiger partial charge in [-0.25, -0.2) is 0 Å². The van der Waals surface area contributed by atoms with E-state index >= 15 is 0 Å². The summed E-state index contributed by atoms with van der Waals surface area (Å²) in [5.41, 5.74) is 1.92. The number of nitrogens with one attached hydrogen (secondary N) is 1. The van der Waals surface area contributed by atoms with Gasteiger partial charge in [-0.15, -0.1) is 11.3 Å². The average Bonchev–Trinajstić information content (AvgIpc) is 3.26. The van der Waals surface area contributed by atoms with Crippen LogP contribution in [0.3, 0.4) is 0 Å². The zero-order chi connectivity index (χ0) is 18.5. The normalized spacial score (nSPS) is 11.7. The molecule has 0 unspecified atom stereocenters. The minimum atomic E-state index is -0.434. The Morgan fingerprint density at radius 3 is 2.88 bits per heavy atom. The van der Waals surface area contributed by atoms with Gasteiger partial charge in [0.05, 0.1) is 23.5 Å². The van der Waals surface area contributed by atoms with E-state index in [1.807, 2.05) is 46.3 Å². The van der Waals surface area contributed by atoms with Crippen LogP contribution in [0.1, 0.15) is 35.4 Å². The van der Waals surface area contributed by atoms with Crippen LogP contribution in [0, 0.1) is 11.3 Å². The number of fused-ring (bicyclic) bond motifs is 1. The van der Waals surface area contributed by atoms with Crippen LogP contribution in [0.25, 0.3) is 5.52 Å². The van der Waals surface area contributed by atoms with Crippen molar-refractivity contribution in [3.63, 3.8) is 0 Å². The molecule has 1 atom stereocenters. The van der Waals surface area contributed by atoms with Gasteiger partial charge in [0.15, 0.2) is 0 Å². The predicted octanol–water partition coefficient (Wildman–Crippen LogP) is 3.18. The zero-order valence-electron chi connectivity index (χ0n) is 14.1. The summed E-state index contributed by atoms with van der Waals surface area (Å²) in [7, 11) is 0. The molecule has 0 spiro atoms. The van der Waals surface area contributed by atoms with Crippen molar-refractivity contribution in [2.24, 2.45) is 0 Å². The Hall–Kier alpha value is -3.11. The van der Waals surface area contributed by atoms with E-state index in [9.17, 15) is 14.9 Å². The molecule has 0 radical (unpaired) electrons. The van der Waals surface area contributed by atoms with E-state index < -0.39 is 12.0 Å². The lowest BCUT2D eigenvalue weighted by Crippen LogP contribution is -2.28. The Bertz CT molecular complexity index is 970. The second-order valence-electron chi connectivity index (χ2n) is 5.77. The van der Waals surface area contributed by atoms with Crippen LogP contribution in [-0.2, 0) is 20.9 Å². The second kappa shape index (κ2) is 7.85. The standard InChI is InChI=1S/C19H17N3O3S/c1-13(23)21-16(18-6-4-8-26-18)9-19(24)25-12-14-11-22-7-3-2-5-17(22)15(14)10-20/h2-8,11,16H,9,12H2,1H3,(H,21,23)/t16-/m0/s1. The Labute approximate surface area is 154 Å². The number of amides is 1. The quantitative estimate of drug-likeness (QED) is 0.678. The maximum absolute atomic E-state index is 12.3. The first-order valence-electron chi connectivity index (χ1n) is 8.03. The number of hydrogen-bond acceptors (Lipinski definition) is 5. The molecule has 0 bridgehead atoms. The molecule has 3 heterocycles. The Kier molecular flexibility index (Phi) is 5.34. The predicted molar refractivity (Wildman–Crippen MR) is 97.4 cm³/mol. The SMILES string of the molecule is CC(=O)N[C@@H](CC(=O)OCc1cn2ccccc2c1C#N)c1cccs1. The van der Waals surface area contributed by atoms with Crippen LogP contribution >= 0.6 is 11.3 Å². The summed E-state index contributed by atoms with van der Waals surface area (Å²) in [4.78, 5) is 24.5. The van der Waals surface area contributed by atoms with E-state index in [1.54, 1.807) is 6.20 Å². The van der Waals surface area contributed by atoms with Crippen LogP contribution in [0.4, 0.5) is 0 Å². The van der Waals surface area contributed by atoms with Crippen molar-refractivity contribution in [1.82, 2.24) is 9.72 Å². The van der Waals surface area contributed by atoms with Gasteiger partial charge >= 0.3 is 5.97 Å². The third kappa shape index (κ3) is 3.92. The van der Waals surface area contributed by atoms with Crippen molar-refractivity contribution >= 4 is 28.7 Å². The number of nitriles is 1. The Morgan fingerprint density at radius 2 is 2.19 bits per heavy atom. The highest BCUT2D eigenvalue weighted by Crippen LogP contribution is 2.23. The first kappa shape index (κ1) is 17.7. The number of hydrogen-bond donors (Lipinski definition) is 1. The van der Waals surface area contributed by atoms with Crippen molar-refractivity contribution < 1.29 is 14.3 Å². The first-order chi connectivity index (χ1) is 12.6. The number of aromatic nitrogens is 1. The topological polar surface area (TPSA) is 83.6 Å².